The molecule has 0 bridgehead atoms. The SMILES string of the molecule is CC1(C)CCC([N+](=O)[O-])/C(=C/C(=N\OC(=O)C(C)(C)C)C(=O)Nc2ccccn2)C1. The van der Waals surface area contributed by atoms with E-state index in [9.17, 15) is 19.7 Å². The molecule has 1 aliphatic rings. The molecule has 1 fully saturated rings. The molecule has 0 aromatic carbocycles. The molecule has 9 heteroatoms. The molecule has 1 saturated carbocycles. The maximum absolute atomic E-state index is 12.8. The van der Waals surface area contributed by atoms with Crippen LogP contribution in [0.3, 0.4) is 0 Å². The van der Waals surface area contributed by atoms with E-state index in [1.165, 1.54) is 12.3 Å². The molecule has 30 heavy (non-hydrogen) atoms. The summed E-state index contributed by atoms with van der Waals surface area (Å²) < 4.78 is 0. The van der Waals surface area contributed by atoms with Gasteiger partial charge >= 0.3 is 5.97 Å². The van der Waals surface area contributed by atoms with Crippen LogP contribution < -0.4 is 5.32 Å². The van der Waals surface area contributed by atoms with Crippen LogP contribution in [0.5, 0.6) is 0 Å². The summed E-state index contributed by atoms with van der Waals surface area (Å²) in [6.45, 7) is 9.00. The Bertz CT molecular complexity index is 869. The molecule has 2 rings (SSSR count). The van der Waals surface area contributed by atoms with Crippen LogP contribution in [0.4, 0.5) is 5.82 Å². The Balaban J connectivity index is 2.40. The fourth-order valence-electron chi connectivity index (χ4n) is 3.01. The van der Waals surface area contributed by atoms with Crippen LogP contribution >= 0.6 is 0 Å². The lowest BCUT2D eigenvalue weighted by Crippen LogP contribution is -2.34. The molecule has 0 spiro atoms. The van der Waals surface area contributed by atoms with Gasteiger partial charge in [-0.25, -0.2) is 9.78 Å². The van der Waals surface area contributed by atoms with Crippen molar-refractivity contribution in [3.8, 4) is 0 Å². The van der Waals surface area contributed by atoms with Crippen molar-refractivity contribution in [2.45, 2.75) is 59.9 Å². The third-order valence-corrected chi connectivity index (χ3v) is 4.76. The first-order valence-electron chi connectivity index (χ1n) is 9.75. The summed E-state index contributed by atoms with van der Waals surface area (Å²) in [4.78, 5) is 45.1. The number of rotatable bonds is 5. The van der Waals surface area contributed by atoms with E-state index >= 15 is 0 Å². The Hall–Kier alpha value is -3.10. The molecule has 0 saturated heterocycles. The van der Waals surface area contributed by atoms with Crippen LogP contribution in [0, 0.1) is 20.9 Å². The van der Waals surface area contributed by atoms with Gasteiger partial charge in [0.15, 0.2) is 5.71 Å². The predicted molar refractivity (Wildman–Crippen MR) is 112 cm³/mol. The van der Waals surface area contributed by atoms with E-state index in [-0.39, 0.29) is 21.9 Å². The minimum atomic E-state index is -0.913. The number of hydrogen-bond donors (Lipinski definition) is 1. The number of carbonyl (C=O) groups excluding carboxylic acids is 2. The molecule has 1 aliphatic carbocycles. The van der Waals surface area contributed by atoms with Crippen molar-refractivity contribution in [1.29, 1.82) is 0 Å². The zero-order valence-corrected chi connectivity index (χ0v) is 18.0. The van der Waals surface area contributed by atoms with E-state index in [0.29, 0.717) is 24.8 Å². The summed E-state index contributed by atoms with van der Waals surface area (Å²) in [6, 6.07) is 4.07. The number of nitrogens with zero attached hydrogens (tertiary/aromatic N) is 3. The summed E-state index contributed by atoms with van der Waals surface area (Å²) in [5.41, 5.74) is -0.728. The van der Waals surface area contributed by atoms with Crippen molar-refractivity contribution in [2.24, 2.45) is 16.0 Å². The summed E-state index contributed by atoms with van der Waals surface area (Å²) in [5.74, 6) is -1.02. The van der Waals surface area contributed by atoms with Crippen LogP contribution in [-0.4, -0.2) is 33.5 Å². The molecule has 1 aromatic heterocycles. The van der Waals surface area contributed by atoms with Crippen molar-refractivity contribution in [3.63, 3.8) is 0 Å². The smallest absolute Gasteiger partial charge is 0.317 e. The van der Waals surface area contributed by atoms with Crippen LogP contribution in [0.2, 0.25) is 0 Å². The topological polar surface area (TPSA) is 124 Å². The number of carbonyl (C=O) groups is 2. The fraction of sp³-hybridized carbons (Fsp3) is 0.524. The number of hydrogen-bond acceptors (Lipinski definition) is 7. The van der Waals surface area contributed by atoms with Gasteiger partial charge in [-0.05, 0) is 57.2 Å². The second-order valence-electron chi connectivity index (χ2n) is 9.17. The summed E-state index contributed by atoms with van der Waals surface area (Å²) in [7, 11) is 0. The maximum Gasteiger partial charge on any atom is 0.340 e. The number of pyridine rings is 1. The van der Waals surface area contributed by atoms with Gasteiger partial charge in [0, 0.05) is 23.1 Å². The highest BCUT2D eigenvalue weighted by atomic mass is 16.7. The van der Waals surface area contributed by atoms with Crippen molar-refractivity contribution < 1.29 is 19.3 Å². The summed E-state index contributed by atoms with van der Waals surface area (Å²) in [5, 5.41) is 17.9. The molecule has 1 unspecified atom stereocenters. The van der Waals surface area contributed by atoms with Gasteiger partial charge in [-0.1, -0.05) is 25.1 Å². The number of nitro groups is 1. The first kappa shape index (κ1) is 23.2. The van der Waals surface area contributed by atoms with E-state index < -0.39 is 23.3 Å². The monoisotopic (exact) mass is 416 g/mol. The molecular formula is C21H28N4O5. The molecule has 162 valence electrons. The molecule has 9 nitrogen and oxygen atoms in total. The number of anilines is 1. The predicted octanol–water partition coefficient (Wildman–Crippen LogP) is 3.75. The Kier molecular flexibility index (Phi) is 7.07. The highest BCUT2D eigenvalue weighted by Gasteiger charge is 2.37. The van der Waals surface area contributed by atoms with E-state index in [0.717, 1.165) is 0 Å². The maximum atomic E-state index is 12.8. The number of aromatic nitrogens is 1. The average Bonchev–Trinajstić information content (AvgIpc) is 2.63. The quantitative estimate of drug-likeness (QED) is 0.337. The molecular weight excluding hydrogens is 388 g/mol. The van der Waals surface area contributed by atoms with Gasteiger partial charge in [0.2, 0.25) is 6.04 Å². The van der Waals surface area contributed by atoms with Crippen LogP contribution in [-0.2, 0) is 14.4 Å². The van der Waals surface area contributed by atoms with Gasteiger partial charge < -0.3 is 10.2 Å². The first-order valence-corrected chi connectivity index (χ1v) is 9.75. The molecule has 0 aliphatic heterocycles. The van der Waals surface area contributed by atoms with Crippen molar-refractivity contribution in [3.05, 3.63) is 46.2 Å². The molecule has 1 heterocycles. The fourth-order valence-corrected chi connectivity index (χ4v) is 3.01. The minimum Gasteiger partial charge on any atom is -0.317 e. The molecule has 0 radical (unpaired) electrons. The zero-order valence-electron chi connectivity index (χ0n) is 18.0. The van der Waals surface area contributed by atoms with Crippen LogP contribution in [0.1, 0.15) is 53.9 Å². The zero-order chi connectivity index (χ0) is 22.5. The van der Waals surface area contributed by atoms with Gasteiger partial charge in [-0.3, -0.25) is 14.9 Å². The molecule has 1 aromatic rings. The van der Waals surface area contributed by atoms with Gasteiger partial charge in [0.05, 0.1) is 5.41 Å². The van der Waals surface area contributed by atoms with Gasteiger partial charge in [0.25, 0.3) is 5.91 Å². The van der Waals surface area contributed by atoms with E-state index in [2.05, 4.69) is 15.5 Å². The van der Waals surface area contributed by atoms with Gasteiger partial charge in [-0.2, -0.15) is 0 Å². The number of amides is 1. The lowest BCUT2D eigenvalue weighted by atomic mass is 9.72. The number of nitrogens with one attached hydrogen (secondary N) is 1. The van der Waals surface area contributed by atoms with Crippen molar-refractivity contribution in [2.75, 3.05) is 5.32 Å². The standard InChI is InChI=1S/C21H28N4O5/c1-20(2,3)19(27)30-24-15(18(26)23-17-8-6-7-11-22-17)12-14-13-21(4,5)10-9-16(14)25(28)29/h6-8,11-12,16H,9-10,13H2,1-5H3,(H,22,23,26)/b14-12+,24-15+. The van der Waals surface area contributed by atoms with Crippen molar-refractivity contribution >= 4 is 23.4 Å². The minimum absolute atomic E-state index is 0.150. The van der Waals surface area contributed by atoms with E-state index in [1.54, 1.807) is 39.0 Å². The Morgan fingerprint density at radius 3 is 2.63 bits per heavy atom. The average molecular weight is 416 g/mol. The molecule has 1 atom stereocenters. The van der Waals surface area contributed by atoms with Crippen LogP contribution in [0.25, 0.3) is 0 Å². The second-order valence-corrected chi connectivity index (χ2v) is 9.17. The third-order valence-electron chi connectivity index (χ3n) is 4.76. The second kappa shape index (κ2) is 9.15. The summed E-state index contributed by atoms with van der Waals surface area (Å²) in [6.07, 6.45) is 4.37. The highest BCUT2D eigenvalue weighted by Crippen LogP contribution is 2.39. The van der Waals surface area contributed by atoms with Crippen molar-refractivity contribution in [1.82, 2.24) is 4.98 Å². The van der Waals surface area contributed by atoms with E-state index in [1.807, 2.05) is 13.8 Å². The lowest BCUT2D eigenvalue weighted by molar-refractivity contribution is -0.515. The Morgan fingerprint density at radius 2 is 2.07 bits per heavy atom. The molecule has 1 N–H and O–H groups in total. The lowest BCUT2D eigenvalue weighted by Gasteiger charge is -2.32. The largest absolute Gasteiger partial charge is 0.340 e. The normalized spacial score (nSPS) is 20.5. The summed E-state index contributed by atoms with van der Waals surface area (Å²) >= 11 is 0. The highest BCUT2D eigenvalue weighted by molar-refractivity contribution is 6.47. The van der Waals surface area contributed by atoms with E-state index in [4.69, 9.17) is 4.84 Å². The van der Waals surface area contributed by atoms with Crippen LogP contribution in [0.15, 0.2) is 41.2 Å². The van der Waals surface area contributed by atoms with Gasteiger partial charge in [0.1, 0.15) is 5.82 Å². The Labute approximate surface area is 175 Å². The Morgan fingerprint density at radius 1 is 1.37 bits per heavy atom. The first-order chi connectivity index (χ1) is 13.9. The van der Waals surface area contributed by atoms with Gasteiger partial charge in [-0.15, -0.1) is 0 Å². The third kappa shape index (κ3) is 6.47. The number of oxime groups is 1. The molecule has 1 amide bonds.